The second kappa shape index (κ2) is 15.9. The highest BCUT2D eigenvalue weighted by Gasteiger charge is 2.43. The van der Waals surface area contributed by atoms with E-state index < -0.39 is 17.0 Å². The first-order chi connectivity index (χ1) is 21.4. The molecule has 3 amide bonds. The lowest BCUT2D eigenvalue weighted by Crippen LogP contribution is -2.55. The van der Waals surface area contributed by atoms with E-state index in [0.717, 1.165) is 27.8 Å². The van der Waals surface area contributed by atoms with Gasteiger partial charge in [-0.1, -0.05) is 97.9 Å². The Kier molecular flexibility index (Phi) is 12.5. The molecule has 246 valence electrons. The largest absolute Gasteiger partial charge is 0.359 e. The molecule has 1 fully saturated rings. The maximum atomic E-state index is 14.3. The summed E-state index contributed by atoms with van der Waals surface area (Å²) in [6, 6.07) is 27.7. The summed E-state index contributed by atoms with van der Waals surface area (Å²) < 4.78 is 0. The molecule has 0 saturated carbocycles. The number of hydrogen-bond acceptors (Lipinski definition) is 4. The molecule has 1 aliphatic rings. The number of carbonyl (C=O) groups is 3. The van der Waals surface area contributed by atoms with Gasteiger partial charge in [-0.05, 0) is 68.7 Å². The number of likely N-dealkylation sites (tertiary alicyclic amines) is 1. The summed E-state index contributed by atoms with van der Waals surface area (Å²) >= 11 is 0. The zero-order chi connectivity index (χ0) is 32.6. The molecule has 1 atom stereocenters. The van der Waals surface area contributed by atoms with Gasteiger partial charge in [0.05, 0.1) is 5.41 Å². The van der Waals surface area contributed by atoms with Gasteiger partial charge in [0.1, 0.15) is 6.04 Å². The average molecular weight is 625 g/mol. The van der Waals surface area contributed by atoms with Gasteiger partial charge in [-0.3, -0.25) is 14.4 Å². The number of benzene rings is 3. The topological polar surface area (TPSA) is 95.7 Å². The highest BCUT2D eigenvalue weighted by molar-refractivity contribution is 5.93. The number of nitrogens with one attached hydrogen (secondary N) is 1. The number of nitrogens with zero attached hydrogens (tertiary/aromatic N) is 2. The summed E-state index contributed by atoms with van der Waals surface area (Å²) in [7, 11) is 3.38. The van der Waals surface area contributed by atoms with Crippen LogP contribution in [0.1, 0.15) is 58.6 Å². The van der Waals surface area contributed by atoms with Crippen LogP contribution in [0.2, 0.25) is 0 Å². The van der Waals surface area contributed by atoms with Crippen molar-refractivity contribution in [1.29, 1.82) is 0 Å². The number of likely N-dealkylation sites (N-methyl/N-ethyl adjacent to an activating group) is 1. The van der Waals surface area contributed by atoms with Crippen LogP contribution in [0, 0.1) is 5.41 Å². The van der Waals surface area contributed by atoms with Crippen molar-refractivity contribution < 1.29 is 14.4 Å². The second-order valence-corrected chi connectivity index (χ2v) is 13.2. The van der Waals surface area contributed by atoms with Crippen molar-refractivity contribution in [2.75, 3.05) is 27.2 Å². The van der Waals surface area contributed by atoms with Gasteiger partial charge in [-0.25, -0.2) is 0 Å². The molecular formula is C39H52N4O3. The van der Waals surface area contributed by atoms with E-state index in [-0.39, 0.29) is 25.1 Å². The van der Waals surface area contributed by atoms with Crippen LogP contribution in [0.5, 0.6) is 0 Å². The summed E-state index contributed by atoms with van der Waals surface area (Å²) in [5.41, 5.74) is 10.3. The summed E-state index contributed by atoms with van der Waals surface area (Å²) in [6.45, 7) is 6.64. The fraction of sp³-hybridized carbons (Fsp3) is 0.410. The van der Waals surface area contributed by atoms with Crippen molar-refractivity contribution in [1.82, 2.24) is 15.1 Å². The summed E-state index contributed by atoms with van der Waals surface area (Å²) in [5.74, 6) is -0.325. The highest BCUT2D eigenvalue weighted by atomic mass is 16.2. The molecule has 4 rings (SSSR count). The second-order valence-electron chi connectivity index (χ2n) is 13.2. The molecule has 3 N–H and O–H groups in total. The Morgan fingerprint density at radius 1 is 0.913 bits per heavy atom. The standard InChI is InChI=1S/C38H48N4O3.CH4/c1-28(26-37(2,3)39)24-34(43)41(5)33(25-29-16-18-32(19-17-29)31-14-10-7-11-15-31)35(44)42-22-20-38(21-23-42,36(45)40-4)27-30-12-8-6-9-13-30;/h6-19,24,33H,20-23,25-27,39H2,1-5H3,(H,40,45);1H4/b28-24+;/t33-;/m1./s1. The minimum Gasteiger partial charge on any atom is -0.359 e. The molecule has 0 aliphatic carbocycles. The third-order valence-electron chi connectivity index (χ3n) is 8.82. The third-order valence-corrected chi connectivity index (χ3v) is 8.82. The van der Waals surface area contributed by atoms with E-state index in [1.54, 1.807) is 25.1 Å². The van der Waals surface area contributed by atoms with E-state index >= 15 is 0 Å². The Balaban J connectivity index is 0.00000576. The SMILES string of the molecule is C.CNC(=O)C1(Cc2ccccc2)CCN(C(=O)[C@@H](Cc2ccc(-c3ccccc3)cc2)N(C)C(=O)/C=C(\C)CC(C)(C)N)CC1. The number of rotatable bonds is 11. The van der Waals surface area contributed by atoms with Crippen molar-refractivity contribution in [3.8, 4) is 11.1 Å². The van der Waals surface area contributed by atoms with E-state index in [1.807, 2.05) is 86.3 Å². The van der Waals surface area contributed by atoms with Gasteiger partial charge in [0, 0.05) is 45.2 Å². The number of amides is 3. The zero-order valence-corrected chi connectivity index (χ0v) is 27.4. The number of nitrogens with two attached hydrogens (primary N) is 1. The molecule has 46 heavy (non-hydrogen) atoms. The molecule has 0 bridgehead atoms. The Morgan fingerprint density at radius 2 is 1.46 bits per heavy atom. The molecule has 0 aromatic heterocycles. The zero-order valence-electron chi connectivity index (χ0n) is 27.4. The first-order valence-corrected chi connectivity index (χ1v) is 15.8. The average Bonchev–Trinajstić information content (AvgIpc) is 3.03. The quantitative estimate of drug-likeness (QED) is 0.255. The smallest absolute Gasteiger partial charge is 0.246 e. The van der Waals surface area contributed by atoms with Crippen molar-refractivity contribution in [2.24, 2.45) is 11.1 Å². The van der Waals surface area contributed by atoms with Crippen LogP contribution in [0.15, 0.2) is 96.6 Å². The Morgan fingerprint density at radius 3 is 2.00 bits per heavy atom. The van der Waals surface area contributed by atoms with E-state index in [0.29, 0.717) is 45.2 Å². The molecule has 3 aromatic rings. The number of carbonyl (C=O) groups excluding carboxylic acids is 3. The van der Waals surface area contributed by atoms with Crippen LogP contribution < -0.4 is 11.1 Å². The minimum atomic E-state index is -0.698. The predicted molar refractivity (Wildman–Crippen MR) is 188 cm³/mol. The van der Waals surface area contributed by atoms with Crippen molar-refractivity contribution in [3.05, 3.63) is 108 Å². The molecule has 1 saturated heterocycles. The molecule has 7 heteroatoms. The van der Waals surface area contributed by atoms with E-state index in [4.69, 9.17) is 5.73 Å². The molecule has 7 nitrogen and oxygen atoms in total. The maximum Gasteiger partial charge on any atom is 0.246 e. The lowest BCUT2D eigenvalue weighted by molar-refractivity contribution is -0.146. The van der Waals surface area contributed by atoms with Crippen LogP contribution in [-0.4, -0.2) is 66.3 Å². The number of hydrogen-bond donors (Lipinski definition) is 2. The fourth-order valence-corrected chi connectivity index (χ4v) is 6.41. The molecular weight excluding hydrogens is 572 g/mol. The van der Waals surface area contributed by atoms with Crippen molar-refractivity contribution in [3.63, 3.8) is 0 Å². The summed E-state index contributed by atoms with van der Waals surface area (Å²) in [4.78, 5) is 44.4. The first-order valence-electron chi connectivity index (χ1n) is 15.8. The molecule has 0 unspecified atom stereocenters. The third kappa shape index (κ3) is 9.39. The van der Waals surface area contributed by atoms with Gasteiger partial charge in [-0.2, -0.15) is 0 Å². The van der Waals surface area contributed by atoms with Crippen LogP contribution in [-0.2, 0) is 27.2 Å². The van der Waals surface area contributed by atoms with E-state index in [9.17, 15) is 14.4 Å². The maximum absolute atomic E-state index is 14.3. The van der Waals surface area contributed by atoms with Crippen molar-refractivity contribution >= 4 is 17.7 Å². The normalized spacial score (nSPS) is 15.3. The van der Waals surface area contributed by atoms with Crippen LogP contribution in [0.4, 0.5) is 0 Å². The van der Waals surface area contributed by atoms with Gasteiger partial charge in [-0.15, -0.1) is 0 Å². The van der Waals surface area contributed by atoms with Gasteiger partial charge in [0.25, 0.3) is 0 Å². The van der Waals surface area contributed by atoms with E-state index in [2.05, 4.69) is 29.6 Å². The van der Waals surface area contributed by atoms with E-state index in [1.165, 1.54) is 0 Å². The lowest BCUT2D eigenvalue weighted by atomic mass is 9.73. The van der Waals surface area contributed by atoms with Crippen LogP contribution in [0.3, 0.4) is 0 Å². The number of piperidine rings is 1. The first kappa shape index (κ1) is 36.2. The van der Waals surface area contributed by atoms with Crippen LogP contribution in [0.25, 0.3) is 11.1 Å². The Labute approximate surface area is 275 Å². The minimum absolute atomic E-state index is 0. The lowest BCUT2D eigenvalue weighted by Gasteiger charge is -2.42. The van der Waals surface area contributed by atoms with Crippen LogP contribution >= 0.6 is 0 Å². The summed E-state index contributed by atoms with van der Waals surface area (Å²) in [6.07, 6.45) is 4.27. The highest BCUT2D eigenvalue weighted by Crippen LogP contribution is 2.36. The van der Waals surface area contributed by atoms with Gasteiger partial charge in [0.15, 0.2) is 0 Å². The summed E-state index contributed by atoms with van der Waals surface area (Å²) in [5, 5.41) is 2.87. The Hall–Kier alpha value is -4.23. The molecule has 1 heterocycles. The van der Waals surface area contributed by atoms with Gasteiger partial charge >= 0.3 is 0 Å². The van der Waals surface area contributed by atoms with Gasteiger partial charge < -0.3 is 20.9 Å². The Bertz CT molecular complexity index is 1470. The molecule has 3 aromatic carbocycles. The van der Waals surface area contributed by atoms with Crippen molar-refractivity contribution in [2.45, 2.75) is 71.9 Å². The molecule has 0 radical (unpaired) electrons. The monoisotopic (exact) mass is 624 g/mol. The molecule has 1 aliphatic heterocycles. The fourth-order valence-electron chi connectivity index (χ4n) is 6.41. The molecule has 0 spiro atoms. The van der Waals surface area contributed by atoms with Gasteiger partial charge in [0.2, 0.25) is 17.7 Å². The predicted octanol–water partition coefficient (Wildman–Crippen LogP) is 6.03.